The van der Waals surface area contributed by atoms with Gasteiger partial charge in [-0.05, 0) is 97.9 Å². The van der Waals surface area contributed by atoms with Gasteiger partial charge < -0.3 is 14.2 Å². The first-order valence-corrected chi connectivity index (χ1v) is 17.8. The summed E-state index contributed by atoms with van der Waals surface area (Å²) in [6, 6.07) is 14.7. The number of hydrogen-bond acceptors (Lipinski definition) is 4. The smallest absolute Gasteiger partial charge is 0.343 e. The van der Waals surface area contributed by atoms with Crippen molar-refractivity contribution in [1.82, 2.24) is 0 Å². The third-order valence-corrected chi connectivity index (χ3v) is 10.00. The predicted molar refractivity (Wildman–Crippen MR) is 177 cm³/mol. The van der Waals surface area contributed by atoms with Crippen LogP contribution in [0.25, 0.3) is 0 Å². The summed E-state index contributed by atoms with van der Waals surface area (Å²) >= 11 is 0. The zero-order valence-electron chi connectivity index (χ0n) is 27.2. The highest BCUT2D eigenvalue weighted by atomic mass is 16.5. The summed E-state index contributed by atoms with van der Waals surface area (Å²) in [6.45, 7) is 6.07. The molecule has 0 bridgehead atoms. The van der Waals surface area contributed by atoms with E-state index in [0.29, 0.717) is 17.2 Å². The van der Waals surface area contributed by atoms with Gasteiger partial charge in [0, 0.05) is 0 Å². The molecule has 4 heteroatoms. The third-order valence-electron chi connectivity index (χ3n) is 10.00. The molecule has 4 rings (SSSR count). The average molecular weight is 591 g/mol. The first kappa shape index (κ1) is 33.4. The molecule has 0 amide bonds. The lowest BCUT2D eigenvalue weighted by Crippen LogP contribution is -2.20. The normalized spacial score (nSPS) is 22.2. The van der Waals surface area contributed by atoms with E-state index in [2.05, 4.69) is 13.8 Å². The summed E-state index contributed by atoms with van der Waals surface area (Å²) in [7, 11) is 0. The van der Waals surface area contributed by atoms with Crippen molar-refractivity contribution in [3.8, 4) is 17.2 Å². The Hall–Kier alpha value is -2.49. The van der Waals surface area contributed by atoms with Crippen LogP contribution >= 0.6 is 0 Å². The fourth-order valence-corrected chi connectivity index (χ4v) is 7.09. The highest BCUT2D eigenvalue weighted by molar-refractivity contribution is 5.91. The molecule has 0 unspecified atom stereocenters. The molecule has 2 aromatic rings. The molecule has 2 aromatic carbocycles. The lowest BCUT2D eigenvalue weighted by atomic mass is 9.78. The number of rotatable bonds is 18. The van der Waals surface area contributed by atoms with Crippen LogP contribution in [0.5, 0.6) is 17.2 Å². The standard InChI is InChI=1S/C39H58O4/c1-3-5-7-10-31-13-15-33(16-14-31)12-9-29-41-36-25-27-38(28-26-36)43-39(40)35-21-23-37(24-22-35)42-30-34-19-17-32(18-20-34)11-8-6-4-2/h21-28,31-34H,3-20,29-30H2,1-2H3/t31-,32-,33-,34-. The molecule has 43 heavy (non-hydrogen) atoms. The van der Waals surface area contributed by atoms with Crippen molar-refractivity contribution < 1.29 is 19.0 Å². The van der Waals surface area contributed by atoms with Gasteiger partial charge in [0.2, 0.25) is 0 Å². The van der Waals surface area contributed by atoms with Crippen molar-refractivity contribution in [1.29, 1.82) is 0 Å². The molecule has 4 nitrogen and oxygen atoms in total. The molecule has 0 aliphatic heterocycles. The average Bonchev–Trinajstić information content (AvgIpc) is 3.04. The van der Waals surface area contributed by atoms with Crippen LogP contribution in [0.15, 0.2) is 48.5 Å². The molecule has 2 aliphatic rings. The van der Waals surface area contributed by atoms with E-state index in [0.717, 1.165) is 48.9 Å². The second-order valence-electron chi connectivity index (χ2n) is 13.5. The zero-order valence-corrected chi connectivity index (χ0v) is 27.2. The highest BCUT2D eigenvalue weighted by Gasteiger charge is 2.22. The lowest BCUT2D eigenvalue weighted by molar-refractivity contribution is 0.0734. The van der Waals surface area contributed by atoms with Crippen molar-refractivity contribution in [2.75, 3.05) is 13.2 Å². The number of benzene rings is 2. The minimum atomic E-state index is -0.360. The fraction of sp³-hybridized carbons (Fsp3) is 0.667. The molecule has 2 fully saturated rings. The maximum absolute atomic E-state index is 12.7. The maximum Gasteiger partial charge on any atom is 0.343 e. The SMILES string of the molecule is CCCCC[C@H]1CC[C@H](CCCOc2ccc(OC(=O)c3ccc(OC[C@H]4CC[C@H](CCCCC)CC4)cc3)cc2)CC1. The molecule has 0 radical (unpaired) electrons. The Balaban J connectivity index is 1.08. The van der Waals surface area contributed by atoms with Gasteiger partial charge in [0.25, 0.3) is 0 Å². The molecule has 0 N–H and O–H groups in total. The summed E-state index contributed by atoms with van der Waals surface area (Å²) in [5.41, 5.74) is 0.523. The van der Waals surface area contributed by atoms with Crippen LogP contribution in [0.3, 0.4) is 0 Å². The minimum Gasteiger partial charge on any atom is -0.494 e. The Morgan fingerprint density at radius 3 is 1.53 bits per heavy atom. The Labute approximate surface area is 262 Å². The van der Waals surface area contributed by atoms with Crippen molar-refractivity contribution in [2.45, 2.75) is 129 Å². The minimum absolute atomic E-state index is 0.360. The maximum atomic E-state index is 12.7. The molecule has 0 atom stereocenters. The third kappa shape index (κ3) is 12.2. The van der Waals surface area contributed by atoms with Crippen LogP contribution in [0.2, 0.25) is 0 Å². The second-order valence-corrected chi connectivity index (χ2v) is 13.5. The van der Waals surface area contributed by atoms with Gasteiger partial charge in [-0.3, -0.25) is 0 Å². The Kier molecular flexibility index (Phi) is 14.8. The van der Waals surface area contributed by atoms with Gasteiger partial charge in [0.05, 0.1) is 18.8 Å². The first-order valence-electron chi connectivity index (χ1n) is 17.8. The van der Waals surface area contributed by atoms with E-state index in [4.69, 9.17) is 14.2 Å². The summed E-state index contributed by atoms with van der Waals surface area (Å²) in [6.07, 6.45) is 24.3. The van der Waals surface area contributed by atoms with E-state index in [1.165, 1.54) is 109 Å². The summed E-state index contributed by atoms with van der Waals surface area (Å²) in [4.78, 5) is 12.7. The van der Waals surface area contributed by atoms with Crippen molar-refractivity contribution >= 4 is 5.97 Å². The number of carbonyl (C=O) groups is 1. The monoisotopic (exact) mass is 590 g/mol. The lowest BCUT2D eigenvalue weighted by Gasteiger charge is -2.28. The summed E-state index contributed by atoms with van der Waals surface area (Å²) in [5, 5.41) is 0. The van der Waals surface area contributed by atoms with E-state index in [1.807, 2.05) is 36.4 Å². The molecule has 2 saturated carbocycles. The summed E-state index contributed by atoms with van der Waals surface area (Å²) in [5.74, 6) is 5.22. The number of carbonyl (C=O) groups excluding carboxylic acids is 1. The number of unbranched alkanes of at least 4 members (excludes halogenated alkanes) is 4. The van der Waals surface area contributed by atoms with E-state index in [1.54, 1.807) is 12.1 Å². The van der Waals surface area contributed by atoms with Gasteiger partial charge in [-0.25, -0.2) is 4.79 Å². The molecule has 2 aliphatic carbocycles. The highest BCUT2D eigenvalue weighted by Crippen LogP contribution is 2.35. The van der Waals surface area contributed by atoms with E-state index in [-0.39, 0.29) is 5.97 Å². The van der Waals surface area contributed by atoms with E-state index >= 15 is 0 Å². The van der Waals surface area contributed by atoms with E-state index < -0.39 is 0 Å². The zero-order chi connectivity index (χ0) is 30.1. The second kappa shape index (κ2) is 19.0. The van der Waals surface area contributed by atoms with Crippen molar-refractivity contribution in [2.24, 2.45) is 23.7 Å². The van der Waals surface area contributed by atoms with Crippen LogP contribution in [0.1, 0.15) is 140 Å². The molecule has 0 aromatic heterocycles. The van der Waals surface area contributed by atoms with Gasteiger partial charge in [-0.15, -0.1) is 0 Å². The molecule has 0 heterocycles. The molecular weight excluding hydrogens is 532 g/mol. The van der Waals surface area contributed by atoms with Gasteiger partial charge >= 0.3 is 5.97 Å². The van der Waals surface area contributed by atoms with Crippen LogP contribution in [-0.4, -0.2) is 19.2 Å². The Morgan fingerprint density at radius 2 is 1.00 bits per heavy atom. The summed E-state index contributed by atoms with van der Waals surface area (Å²) < 4.78 is 17.7. The van der Waals surface area contributed by atoms with Crippen LogP contribution < -0.4 is 14.2 Å². The number of esters is 1. The predicted octanol–water partition coefficient (Wildman–Crippen LogP) is 11.2. The Bertz CT molecular complexity index is 1010. The van der Waals surface area contributed by atoms with Crippen LogP contribution in [-0.2, 0) is 0 Å². The molecule has 0 spiro atoms. The molecule has 238 valence electrons. The Morgan fingerprint density at radius 1 is 0.558 bits per heavy atom. The number of hydrogen-bond donors (Lipinski definition) is 0. The topological polar surface area (TPSA) is 44.8 Å². The van der Waals surface area contributed by atoms with Gasteiger partial charge in [0.1, 0.15) is 17.2 Å². The fourth-order valence-electron chi connectivity index (χ4n) is 7.09. The molecular formula is C39H58O4. The van der Waals surface area contributed by atoms with Gasteiger partial charge in [-0.1, -0.05) is 104 Å². The first-order chi connectivity index (χ1) is 21.1. The van der Waals surface area contributed by atoms with Crippen LogP contribution in [0, 0.1) is 23.7 Å². The van der Waals surface area contributed by atoms with Crippen LogP contribution in [0.4, 0.5) is 0 Å². The number of ether oxygens (including phenoxy) is 3. The van der Waals surface area contributed by atoms with E-state index in [9.17, 15) is 4.79 Å². The van der Waals surface area contributed by atoms with Gasteiger partial charge in [-0.2, -0.15) is 0 Å². The van der Waals surface area contributed by atoms with Gasteiger partial charge in [0.15, 0.2) is 0 Å². The molecule has 0 saturated heterocycles. The largest absolute Gasteiger partial charge is 0.494 e. The van der Waals surface area contributed by atoms with Crippen molar-refractivity contribution in [3.05, 3.63) is 54.1 Å². The quantitative estimate of drug-likeness (QED) is 0.0984. The van der Waals surface area contributed by atoms with Crippen molar-refractivity contribution in [3.63, 3.8) is 0 Å².